The molecule has 0 fully saturated rings. The lowest BCUT2D eigenvalue weighted by atomic mass is 10.2. The lowest BCUT2D eigenvalue weighted by Crippen LogP contribution is -1.80. The predicted octanol–water partition coefficient (Wildman–Crippen LogP) is 2.01. The number of hydrogen-bond acceptors (Lipinski definition) is 4. The van der Waals surface area contributed by atoms with Crippen LogP contribution >= 0.6 is 11.3 Å². The highest BCUT2D eigenvalue weighted by Gasteiger charge is 2.08. The van der Waals surface area contributed by atoms with Gasteiger partial charge in [-0.3, -0.25) is 4.98 Å². The van der Waals surface area contributed by atoms with Crippen LogP contribution in [0.1, 0.15) is 10.7 Å². The molecule has 0 aliphatic heterocycles. The maximum Gasteiger partial charge on any atom is 0.119 e. The molecule has 0 unspecified atom stereocenters. The van der Waals surface area contributed by atoms with Gasteiger partial charge in [0.1, 0.15) is 5.01 Å². The van der Waals surface area contributed by atoms with Gasteiger partial charge in [-0.15, -0.1) is 11.3 Å². The molecule has 1 N–H and O–H groups in total. The van der Waals surface area contributed by atoms with Gasteiger partial charge >= 0.3 is 0 Å². The molecule has 0 spiro atoms. The minimum Gasteiger partial charge on any atom is -0.389 e. The molecule has 0 saturated heterocycles. The van der Waals surface area contributed by atoms with Crippen molar-refractivity contribution >= 4 is 11.3 Å². The molecule has 2 rings (SSSR count). The summed E-state index contributed by atoms with van der Waals surface area (Å²) in [5, 5.41) is 9.72. The zero-order valence-corrected chi connectivity index (χ0v) is 8.58. The summed E-state index contributed by atoms with van der Waals surface area (Å²) in [6.07, 6.45) is 3.51. The number of rotatable bonds is 2. The lowest BCUT2D eigenvalue weighted by Gasteiger charge is -1.95. The van der Waals surface area contributed by atoms with Gasteiger partial charge in [-0.05, 0) is 24.6 Å². The van der Waals surface area contributed by atoms with Gasteiger partial charge in [0.05, 0.1) is 17.2 Å². The zero-order chi connectivity index (χ0) is 9.97. The van der Waals surface area contributed by atoms with Crippen molar-refractivity contribution in [2.75, 3.05) is 0 Å². The van der Waals surface area contributed by atoms with Crippen LogP contribution in [0.2, 0.25) is 0 Å². The molecule has 3 nitrogen and oxygen atoms in total. The van der Waals surface area contributed by atoms with Crippen LogP contribution in [0, 0.1) is 6.92 Å². The van der Waals surface area contributed by atoms with E-state index >= 15 is 0 Å². The molecule has 0 amide bonds. The molecule has 72 valence electrons. The van der Waals surface area contributed by atoms with E-state index in [9.17, 15) is 0 Å². The zero-order valence-electron chi connectivity index (χ0n) is 7.77. The Hall–Kier alpha value is -1.26. The Morgan fingerprint density at radius 3 is 2.64 bits per heavy atom. The molecule has 2 heterocycles. The summed E-state index contributed by atoms with van der Waals surface area (Å²) in [4.78, 5) is 9.32. The molecule has 0 aliphatic rings. The molecular weight excluding hydrogens is 196 g/mol. The minimum absolute atomic E-state index is 0.0105. The quantitative estimate of drug-likeness (QED) is 0.817. The average molecular weight is 206 g/mol. The number of nitrogens with zero attached hydrogens (tertiary/aromatic N) is 2. The van der Waals surface area contributed by atoms with Gasteiger partial charge in [0.15, 0.2) is 0 Å². The minimum atomic E-state index is 0.0105. The van der Waals surface area contributed by atoms with Gasteiger partial charge in [0, 0.05) is 12.4 Å². The van der Waals surface area contributed by atoms with Gasteiger partial charge in [-0.2, -0.15) is 0 Å². The van der Waals surface area contributed by atoms with Crippen LogP contribution in [0.3, 0.4) is 0 Å². The third-order valence-corrected chi connectivity index (χ3v) is 3.11. The standard InChI is InChI=1S/C10H10N2OS/c1-7-10(14-9(6-13)12-7)8-2-4-11-5-3-8/h2-5,13H,6H2,1H3. The fourth-order valence-corrected chi connectivity index (χ4v) is 2.22. The maximum atomic E-state index is 8.96. The summed E-state index contributed by atoms with van der Waals surface area (Å²) >= 11 is 1.52. The Balaban J connectivity index is 2.46. The second-order valence-corrected chi connectivity index (χ2v) is 4.00. The molecule has 0 radical (unpaired) electrons. The first-order valence-corrected chi connectivity index (χ1v) is 5.10. The fraction of sp³-hybridized carbons (Fsp3) is 0.200. The van der Waals surface area contributed by atoms with Crippen LogP contribution in [-0.2, 0) is 6.61 Å². The Morgan fingerprint density at radius 2 is 2.07 bits per heavy atom. The Kier molecular flexibility index (Phi) is 2.56. The van der Waals surface area contributed by atoms with Crippen molar-refractivity contribution in [1.82, 2.24) is 9.97 Å². The molecule has 0 atom stereocenters. The third kappa shape index (κ3) is 1.66. The maximum absolute atomic E-state index is 8.96. The van der Waals surface area contributed by atoms with Crippen molar-refractivity contribution in [2.45, 2.75) is 13.5 Å². The first-order chi connectivity index (χ1) is 6.81. The monoisotopic (exact) mass is 206 g/mol. The molecule has 0 aliphatic carbocycles. The Morgan fingerprint density at radius 1 is 1.36 bits per heavy atom. The lowest BCUT2D eigenvalue weighted by molar-refractivity contribution is 0.281. The molecule has 2 aromatic heterocycles. The number of pyridine rings is 1. The molecule has 4 heteroatoms. The van der Waals surface area contributed by atoms with E-state index in [-0.39, 0.29) is 6.61 Å². The summed E-state index contributed by atoms with van der Waals surface area (Å²) in [6.45, 7) is 1.96. The molecule has 14 heavy (non-hydrogen) atoms. The highest BCUT2D eigenvalue weighted by Crippen LogP contribution is 2.29. The van der Waals surface area contributed by atoms with Crippen LogP contribution in [0.5, 0.6) is 0 Å². The van der Waals surface area contributed by atoms with Gasteiger partial charge in [0.2, 0.25) is 0 Å². The predicted molar refractivity (Wildman–Crippen MR) is 56.0 cm³/mol. The number of aliphatic hydroxyl groups excluding tert-OH is 1. The van der Waals surface area contributed by atoms with Gasteiger partial charge in [-0.1, -0.05) is 0 Å². The van der Waals surface area contributed by atoms with E-state index < -0.39 is 0 Å². The van der Waals surface area contributed by atoms with Crippen LogP contribution in [0.15, 0.2) is 24.5 Å². The van der Waals surface area contributed by atoms with E-state index in [0.717, 1.165) is 21.1 Å². The van der Waals surface area contributed by atoms with Crippen molar-refractivity contribution in [3.8, 4) is 10.4 Å². The summed E-state index contributed by atoms with van der Waals surface area (Å²) in [6, 6.07) is 3.89. The van der Waals surface area contributed by atoms with Crippen molar-refractivity contribution in [2.24, 2.45) is 0 Å². The van der Waals surface area contributed by atoms with Crippen molar-refractivity contribution < 1.29 is 5.11 Å². The Labute approximate surface area is 86.1 Å². The molecular formula is C10H10N2OS. The summed E-state index contributed by atoms with van der Waals surface area (Å²) in [7, 11) is 0. The molecule has 0 bridgehead atoms. The fourth-order valence-electron chi connectivity index (χ4n) is 1.29. The molecule has 0 aromatic carbocycles. The van der Waals surface area contributed by atoms with E-state index in [1.807, 2.05) is 19.1 Å². The normalized spacial score (nSPS) is 10.4. The number of hydrogen-bond donors (Lipinski definition) is 1. The highest BCUT2D eigenvalue weighted by atomic mass is 32.1. The second-order valence-electron chi connectivity index (χ2n) is 2.92. The van der Waals surface area contributed by atoms with Crippen molar-refractivity contribution in [1.29, 1.82) is 0 Å². The van der Waals surface area contributed by atoms with Gasteiger partial charge in [-0.25, -0.2) is 4.98 Å². The number of aromatic nitrogens is 2. The SMILES string of the molecule is Cc1nc(CO)sc1-c1ccncc1. The first-order valence-electron chi connectivity index (χ1n) is 4.29. The average Bonchev–Trinajstić information content (AvgIpc) is 2.61. The molecule has 0 saturated carbocycles. The number of thiazole rings is 1. The highest BCUT2D eigenvalue weighted by molar-refractivity contribution is 7.15. The third-order valence-electron chi connectivity index (χ3n) is 1.92. The largest absolute Gasteiger partial charge is 0.389 e. The van der Waals surface area contributed by atoms with E-state index in [1.165, 1.54) is 11.3 Å². The molecule has 2 aromatic rings. The van der Waals surface area contributed by atoms with Gasteiger partial charge in [0.25, 0.3) is 0 Å². The Bertz CT molecular complexity index is 425. The second kappa shape index (κ2) is 3.86. The van der Waals surface area contributed by atoms with E-state index in [1.54, 1.807) is 12.4 Å². The first kappa shape index (κ1) is 9.30. The van der Waals surface area contributed by atoms with Crippen LogP contribution in [-0.4, -0.2) is 15.1 Å². The van der Waals surface area contributed by atoms with Crippen LogP contribution < -0.4 is 0 Å². The van der Waals surface area contributed by atoms with Crippen LogP contribution in [0.25, 0.3) is 10.4 Å². The van der Waals surface area contributed by atoms with Crippen LogP contribution in [0.4, 0.5) is 0 Å². The van der Waals surface area contributed by atoms with Crippen molar-refractivity contribution in [3.05, 3.63) is 35.2 Å². The smallest absolute Gasteiger partial charge is 0.119 e. The van der Waals surface area contributed by atoms with Crippen molar-refractivity contribution in [3.63, 3.8) is 0 Å². The number of aryl methyl sites for hydroxylation is 1. The van der Waals surface area contributed by atoms with E-state index in [0.29, 0.717) is 0 Å². The summed E-state index contributed by atoms with van der Waals surface area (Å²) < 4.78 is 0. The summed E-state index contributed by atoms with van der Waals surface area (Å²) in [5.41, 5.74) is 2.07. The van der Waals surface area contributed by atoms with Gasteiger partial charge < -0.3 is 5.11 Å². The van der Waals surface area contributed by atoms with E-state index in [4.69, 9.17) is 5.11 Å². The topological polar surface area (TPSA) is 46.0 Å². The summed E-state index contributed by atoms with van der Waals surface area (Å²) in [5.74, 6) is 0. The number of aliphatic hydroxyl groups is 1. The van der Waals surface area contributed by atoms with E-state index in [2.05, 4.69) is 9.97 Å².